The van der Waals surface area contributed by atoms with Crippen LogP contribution < -0.4 is 16.4 Å². The third kappa shape index (κ3) is 7.48. The van der Waals surface area contributed by atoms with Crippen molar-refractivity contribution >= 4 is 23.4 Å². The van der Waals surface area contributed by atoms with Crippen LogP contribution in [-0.2, 0) is 4.79 Å². The van der Waals surface area contributed by atoms with Crippen molar-refractivity contribution in [2.24, 2.45) is 11.7 Å². The molecule has 0 aromatic heterocycles. The summed E-state index contributed by atoms with van der Waals surface area (Å²) in [5.74, 6) is -0.180. The zero-order valence-corrected chi connectivity index (χ0v) is 14.7. The van der Waals surface area contributed by atoms with Crippen LogP contribution in [0.5, 0.6) is 0 Å². The molecule has 1 aromatic rings. The van der Waals surface area contributed by atoms with Gasteiger partial charge in [0.1, 0.15) is 6.04 Å². The van der Waals surface area contributed by atoms with Crippen LogP contribution in [0.15, 0.2) is 24.3 Å². The van der Waals surface area contributed by atoms with Gasteiger partial charge in [0.15, 0.2) is 0 Å². The van der Waals surface area contributed by atoms with Crippen molar-refractivity contribution < 1.29 is 9.59 Å². The van der Waals surface area contributed by atoms with Gasteiger partial charge >= 0.3 is 0 Å². The highest BCUT2D eigenvalue weighted by Gasteiger charge is 2.22. The lowest BCUT2D eigenvalue weighted by molar-refractivity contribution is -0.123. The van der Waals surface area contributed by atoms with Crippen molar-refractivity contribution in [2.45, 2.75) is 45.7 Å². The standard InChI is InChI=1S/C17H26ClN3O2/c1-11(2)10-15(17(23)20-9-8-12(3)19)21-16(22)13-4-6-14(18)7-5-13/h4-7,11-12,15H,8-10,19H2,1-3H3,(H,20,23)(H,21,22). The zero-order valence-electron chi connectivity index (χ0n) is 13.9. The Labute approximate surface area is 143 Å². The van der Waals surface area contributed by atoms with Crippen LogP contribution in [0.4, 0.5) is 0 Å². The molecule has 0 aliphatic carbocycles. The molecule has 2 unspecified atom stereocenters. The molecule has 0 spiro atoms. The fourth-order valence-corrected chi connectivity index (χ4v) is 2.22. The summed E-state index contributed by atoms with van der Waals surface area (Å²) in [7, 11) is 0. The molecular formula is C17H26ClN3O2. The van der Waals surface area contributed by atoms with Crippen LogP contribution >= 0.6 is 11.6 Å². The van der Waals surface area contributed by atoms with Crippen molar-refractivity contribution in [3.8, 4) is 0 Å². The van der Waals surface area contributed by atoms with Crippen molar-refractivity contribution in [1.82, 2.24) is 10.6 Å². The van der Waals surface area contributed by atoms with E-state index in [0.717, 1.165) is 0 Å². The van der Waals surface area contributed by atoms with Crippen molar-refractivity contribution in [3.63, 3.8) is 0 Å². The molecule has 128 valence electrons. The van der Waals surface area contributed by atoms with Crippen LogP contribution in [-0.4, -0.2) is 30.4 Å². The molecule has 0 bridgehead atoms. The number of benzene rings is 1. The fraction of sp³-hybridized carbons (Fsp3) is 0.529. The van der Waals surface area contributed by atoms with Crippen LogP contribution in [0.3, 0.4) is 0 Å². The Bertz CT molecular complexity index is 515. The number of carbonyl (C=O) groups is 2. The maximum Gasteiger partial charge on any atom is 0.251 e. The van der Waals surface area contributed by atoms with Gasteiger partial charge in [-0.1, -0.05) is 25.4 Å². The van der Waals surface area contributed by atoms with E-state index in [1.807, 2.05) is 20.8 Å². The van der Waals surface area contributed by atoms with Crippen LogP contribution in [0.1, 0.15) is 44.0 Å². The van der Waals surface area contributed by atoms with Crippen molar-refractivity contribution in [1.29, 1.82) is 0 Å². The van der Waals surface area contributed by atoms with E-state index >= 15 is 0 Å². The predicted molar refractivity (Wildman–Crippen MR) is 93.4 cm³/mol. The number of rotatable bonds is 8. The second-order valence-electron chi connectivity index (χ2n) is 6.22. The number of carbonyl (C=O) groups excluding carboxylic acids is 2. The van der Waals surface area contributed by atoms with Crippen molar-refractivity contribution in [3.05, 3.63) is 34.9 Å². The first-order valence-corrected chi connectivity index (χ1v) is 8.27. The average molecular weight is 340 g/mol. The Morgan fingerprint density at radius 1 is 1.17 bits per heavy atom. The fourth-order valence-electron chi connectivity index (χ4n) is 2.09. The highest BCUT2D eigenvalue weighted by atomic mass is 35.5. The van der Waals surface area contributed by atoms with Gasteiger partial charge in [-0.3, -0.25) is 9.59 Å². The van der Waals surface area contributed by atoms with Gasteiger partial charge in [0, 0.05) is 23.2 Å². The Balaban J connectivity index is 2.67. The molecule has 0 aliphatic rings. The normalized spacial score (nSPS) is 13.5. The van der Waals surface area contributed by atoms with Gasteiger partial charge < -0.3 is 16.4 Å². The maximum absolute atomic E-state index is 12.3. The van der Waals surface area contributed by atoms with Crippen LogP contribution in [0.2, 0.25) is 5.02 Å². The van der Waals surface area contributed by atoms with Crippen LogP contribution in [0.25, 0.3) is 0 Å². The van der Waals surface area contributed by atoms with E-state index in [1.54, 1.807) is 24.3 Å². The summed E-state index contributed by atoms with van der Waals surface area (Å²) in [6.45, 7) is 6.41. The molecule has 1 rings (SSSR count). The van der Waals surface area contributed by atoms with E-state index in [4.69, 9.17) is 17.3 Å². The number of nitrogens with two attached hydrogens (primary N) is 1. The number of nitrogens with one attached hydrogen (secondary N) is 2. The molecule has 2 atom stereocenters. The highest BCUT2D eigenvalue weighted by Crippen LogP contribution is 2.11. The van der Waals surface area contributed by atoms with Gasteiger partial charge in [0.05, 0.1) is 0 Å². The summed E-state index contributed by atoms with van der Waals surface area (Å²) in [6.07, 6.45) is 1.27. The first-order valence-electron chi connectivity index (χ1n) is 7.89. The lowest BCUT2D eigenvalue weighted by Gasteiger charge is -2.20. The van der Waals surface area contributed by atoms with E-state index in [1.165, 1.54) is 0 Å². The first kappa shape index (κ1) is 19.5. The molecule has 0 aliphatic heterocycles. The van der Waals surface area contributed by atoms with Gasteiger partial charge in [0.25, 0.3) is 5.91 Å². The minimum Gasteiger partial charge on any atom is -0.354 e. The Morgan fingerprint density at radius 3 is 2.30 bits per heavy atom. The number of halogens is 1. The second kappa shape index (κ2) is 9.53. The minimum atomic E-state index is -0.564. The maximum atomic E-state index is 12.3. The van der Waals surface area contributed by atoms with E-state index in [9.17, 15) is 9.59 Å². The van der Waals surface area contributed by atoms with E-state index in [0.29, 0.717) is 30.0 Å². The SMILES string of the molecule is CC(C)CC(NC(=O)c1ccc(Cl)cc1)C(=O)NCCC(C)N. The van der Waals surface area contributed by atoms with Gasteiger partial charge in [-0.05, 0) is 49.9 Å². The monoisotopic (exact) mass is 339 g/mol. The summed E-state index contributed by atoms with van der Waals surface area (Å²) in [5.41, 5.74) is 6.15. The lowest BCUT2D eigenvalue weighted by atomic mass is 10.0. The number of hydrogen-bond acceptors (Lipinski definition) is 3. The second-order valence-corrected chi connectivity index (χ2v) is 6.66. The predicted octanol–water partition coefficient (Wildman–Crippen LogP) is 2.34. The Hall–Kier alpha value is -1.59. The summed E-state index contributed by atoms with van der Waals surface area (Å²) >= 11 is 5.82. The largest absolute Gasteiger partial charge is 0.354 e. The summed E-state index contributed by atoms with van der Waals surface area (Å²) in [6, 6.07) is 6.04. The van der Waals surface area contributed by atoms with E-state index in [2.05, 4.69) is 10.6 Å². The number of amides is 2. The van der Waals surface area contributed by atoms with E-state index in [-0.39, 0.29) is 23.8 Å². The molecule has 23 heavy (non-hydrogen) atoms. The Morgan fingerprint density at radius 2 is 1.78 bits per heavy atom. The molecule has 6 heteroatoms. The van der Waals surface area contributed by atoms with Crippen LogP contribution in [0, 0.1) is 5.92 Å². The molecule has 2 amide bonds. The van der Waals surface area contributed by atoms with E-state index < -0.39 is 6.04 Å². The molecule has 5 nitrogen and oxygen atoms in total. The molecule has 0 saturated carbocycles. The molecule has 0 fully saturated rings. The molecular weight excluding hydrogens is 314 g/mol. The topological polar surface area (TPSA) is 84.2 Å². The van der Waals surface area contributed by atoms with Gasteiger partial charge in [0.2, 0.25) is 5.91 Å². The third-order valence-electron chi connectivity index (χ3n) is 3.33. The molecule has 0 radical (unpaired) electrons. The minimum absolute atomic E-state index is 0.0301. The smallest absolute Gasteiger partial charge is 0.251 e. The molecule has 1 aromatic carbocycles. The quantitative estimate of drug-likeness (QED) is 0.679. The van der Waals surface area contributed by atoms with Gasteiger partial charge in [-0.25, -0.2) is 0 Å². The zero-order chi connectivity index (χ0) is 17.4. The molecule has 4 N–H and O–H groups in total. The number of hydrogen-bond donors (Lipinski definition) is 3. The van der Waals surface area contributed by atoms with Crippen molar-refractivity contribution in [2.75, 3.05) is 6.54 Å². The van der Waals surface area contributed by atoms with Gasteiger partial charge in [-0.2, -0.15) is 0 Å². The Kier molecular flexibility index (Phi) is 8.06. The summed E-state index contributed by atoms with van der Waals surface area (Å²) in [4.78, 5) is 24.6. The summed E-state index contributed by atoms with van der Waals surface area (Å²) in [5, 5.41) is 6.19. The third-order valence-corrected chi connectivity index (χ3v) is 3.59. The average Bonchev–Trinajstić information content (AvgIpc) is 2.46. The molecule has 0 saturated heterocycles. The molecule has 0 heterocycles. The highest BCUT2D eigenvalue weighted by molar-refractivity contribution is 6.30. The summed E-state index contributed by atoms with van der Waals surface area (Å²) < 4.78 is 0. The lowest BCUT2D eigenvalue weighted by Crippen LogP contribution is -2.48. The first-order chi connectivity index (χ1) is 10.8. The van der Waals surface area contributed by atoms with Gasteiger partial charge in [-0.15, -0.1) is 0 Å².